The summed E-state index contributed by atoms with van der Waals surface area (Å²) >= 11 is 0. The van der Waals surface area contributed by atoms with Gasteiger partial charge < -0.3 is 15.3 Å². The minimum Gasteiger partial charge on any atom is -0.393 e. The maximum Gasteiger partial charge on any atom is 0.141 e. The molecule has 0 aromatic heterocycles. The van der Waals surface area contributed by atoms with Crippen molar-refractivity contribution in [2.24, 2.45) is 28.1 Å². The van der Waals surface area contributed by atoms with E-state index in [4.69, 9.17) is 0 Å². The average molecular weight is 525 g/mol. The largest absolute Gasteiger partial charge is 0.393 e. The van der Waals surface area contributed by atoms with E-state index in [1.165, 1.54) is 24.8 Å². The lowest BCUT2D eigenvalue weighted by Crippen LogP contribution is -2.39. The molecule has 4 aliphatic rings. The summed E-state index contributed by atoms with van der Waals surface area (Å²) in [4.78, 5) is 12.9. The molecular weight excluding hydrogens is 472 g/mol. The Morgan fingerprint density at radius 3 is 2.58 bits per heavy atom. The molecule has 4 nitrogen and oxygen atoms in total. The van der Waals surface area contributed by atoms with Gasteiger partial charge >= 0.3 is 0 Å². The highest BCUT2D eigenvalue weighted by Crippen LogP contribution is 2.62. The van der Waals surface area contributed by atoms with E-state index in [0.717, 1.165) is 56.1 Å². The molecule has 4 aliphatic carbocycles. The van der Waals surface area contributed by atoms with Crippen LogP contribution >= 0.6 is 0 Å². The number of rotatable bonds is 10. The molecule has 6 atom stereocenters. The third-order valence-electron chi connectivity index (χ3n) is 10.8. The molecule has 0 unspecified atom stereocenters. The molecule has 4 saturated carbocycles. The maximum atomic E-state index is 12.9. The number of ketones is 1. The summed E-state index contributed by atoms with van der Waals surface area (Å²) in [5.74, 6) is 1.28. The van der Waals surface area contributed by atoms with Crippen molar-refractivity contribution in [3.63, 3.8) is 0 Å². The quantitative estimate of drug-likeness (QED) is 0.212. The number of aliphatic hydroxyl groups excluding tert-OH is 3. The van der Waals surface area contributed by atoms with Crippen molar-refractivity contribution in [3.8, 4) is 0 Å². The highest BCUT2D eigenvalue weighted by molar-refractivity contribution is 5.88. The fourth-order valence-electron chi connectivity index (χ4n) is 8.23. The van der Waals surface area contributed by atoms with Crippen molar-refractivity contribution in [1.29, 1.82) is 0 Å². The monoisotopic (exact) mass is 524 g/mol. The van der Waals surface area contributed by atoms with Crippen LogP contribution < -0.4 is 0 Å². The van der Waals surface area contributed by atoms with Crippen LogP contribution in [0.15, 0.2) is 47.6 Å². The zero-order valence-corrected chi connectivity index (χ0v) is 24.3. The summed E-state index contributed by atoms with van der Waals surface area (Å²) in [6.07, 6.45) is 18.8. The Balaban J connectivity index is 1.46. The highest BCUT2D eigenvalue weighted by atomic mass is 16.3. The Labute approximate surface area is 231 Å². The lowest BCUT2D eigenvalue weighted by Gasteiger charge is -2.47. The van der Waals surface area contributed by atoms with Crippen LogP contribution in [0.1, 0.15) is 111 Å². The molecule has 0 aliphatic heterocycles. The average Bonchev–Trinajstić information content (AvgIpc) is 3.60. The van der Waals surface area contributed by atoms with E-state index in [9.17, 15) is 20.1 Å². The normalized spacial score (nSPS) is 36.1. The van der Waals surface area contributed by atoms with Crippen LogP contribution in [0, 0.1) is 28.1 Å². The van der Waals surface area contributed by atoms with Gasteiger partial charge in [-0.25, -0.2) is 0 Å². The van der Waals surface area contributed by atoms with Crippen LogP contribution in [0.25, 0.3) is 0 Å². The van der Waals surface area contributed by atoms with E-state index in [0.29, 0.717) is 31.1 Å². The molecule has 4 fully saturated rings. The first kappa shape index (κ1) is 29.5. The second-order valence-electron chi connectivity index (χ2n) is 13.8. The van der Waals surface area contributed by atoms with Gasteiger partial charge in [0, 0.05) is 12.8 Å². The molecule has 4 heteroatoms. The third-order valence-corrected chi connectivity index (χ3v) is 10.8. The van der Waals surface area contributed by atoms with Crippen LogP contribution in [-0.2, 0) is 4.79 Å². The van der Waals surface area contributed by atoms with Crippen LogP contribution in [0.4, 0.5) is 0 Å². The molecule has 0 aromatic carbocycles. The van der Waals surface area contributed by atoms with Gasteiger partial charge in [-0.1, -0.05) is 77.0 Å². The number of carbonyl (C=O) groups excluding carboxylic acids is 1. The van der Waals surface area contributed by atoms with E-state index < -0.39 is 23.7 Å². The first-order valence-corrected chi connectivity index (χ1v) is 15.3. The number of Topliss-reactive ketones (excluding diaryl/α,β-unsaturated/α-hetero) is 1. The minimum atomic E-state index is -0.677. The molecule has 38 heavy (non-hydrogen) atoms. The van der Waals surface area contributed by atoms with Crippen molar-refractivity contribution in [1.82, 2.24) is 0 Å². The lowest BCUT2D eigenvalue weighted by atomic mass is 9.57. The van der Waals surface area contributed by atoms with Gasteiger partial charge in [0.2, 0.25) is 0 Å². The molecule has 0 heterocycles. The Morgan fingerprint density at radius 1 is 1.16 bits per heavy atom. The first-order chi connectivity index (χ1) is 17.9. The van der Waals surface area contributed by atoms with Crippen molar-refractivity contribution in [2.75, 3.05) is 0 Å². The van der Waals surface area contributed by atoms with Crippen molar-refractivity contribution >= 4 is 5.78 Å². The number of hydrogen-bond acceptors (Lipinski definition) is 4. The second-order valence-corrected chi connectivity index (χ2v) is 13.8. The van der Waals surface area contributed by atoms with Crippen LogP contribution in [-0.4, -0.2) is 39.4 Å². The Morgan fingerprint density at radius 2 is 1.89 bits per heavy atom. The molecule has 0 amide bonds. The molecule has 4 rings (SSSR count). The SMILES string of the molecule is C=C1C(=CC=C2CCC[C@]3(C)[C@@H](C(C)(C)C=C[C@@H](O)C4(C(=O)CCCCC)CC4)CC[C@@H]23)C[C@@H](O)C[C@@H]1O. The molecule has 0 aromatic rings. The molecule has 0 spiro atoms. The van der Waals surface area contributed by atoms with E-state index in [1.54, 1.807) is 0 Å². The first-order valence-electron chi connectivity index (χ1n) is 15.3. The van der Waals surface area contributed by atoms with Gasteiger partial charge in [-0.05, 0) is 91.6 Å². The summed E-state index contributed by atoms with van der Waals surface area (Å²) in [5.41, 5.74) is 2.81. The zero-order chi connectivity index (χ0) is 27.7. The number of allylic oxidation sites excluding steroid dienone is 4. The van der Waals surface area contributed by atoms with Crippen molar-refractivity contribution < 1.29 is 20.1 Å². The summed E-state index contributed by atoms with van der Waals surface area (Å²) in [5, 5.41) is 31.5. The summed E-state index contributed by atoms with van der Waals surface area (Å²) in [6.45, 7) is 13.3. The minimum absolute atomic E-state index is 0.0708. The topological polar surface area (TPSA) is 77.8 Å². The van der Waals surface area contributed by atoms with E-state index in [-0.39, 0.29) is 16.6 Å². The fraction of sp³-hybridized carbons (Fsp3) is 0.735. The zero-order valence-electron chi connectivity index (χ0n) is 24.3. The highest BCUT2D eigenvalue weighted by Gasteiger charge is 2.55. The molecule has 0 radical (unpaired) electrons. The summed E-state index contributed by atoms with van der Waals surface area (Å²) in [7, 11) is 0. The standard InChI is InChI=1S/C34H52O4/c1-6-7-8-11-30(37)34(19-20-34)31(38)16-18-32(3,4)29-15-14-27-24(10-9-17-33(27,29)5)12-13-25-21-26(35)22-28(36)23(25)2/h12-13,16,18,26-29,31,35-36,38H,2,6-11,14-15,17,19-22H2,1,3-5H3/t26-,27+,28+,29-,31-,33+/m1/s1. The van der Waals surface area contributed by atoms with Gasteiger partial charge in [0.1, 0.15) is 5.78 Å². The van der Waals surface area contributed by atoms with E-state index in [1.807, 2.05) is 6.08 Å². The fourth-order valence-corrected chi connectivity index (χ4v) is 8.23. The van der Waals surface area contributed by atoms with Gasteiger partial charge in [0.05, 0.1) is 23.7 Å². The Bertz CT molecular complexity index is 980. The number of fused-ring (bicyclic) bond motifs is 1. The van der Waals surface area contributed by atoms with Crippen molar-refractivity contribution in [3.05, 3.63) is 47.6 Å². The Kier molecular flexibility index (Phi) is 8.96. The van der Waals surface area contributed by atoms with Gasteiger partial charge in [-0.2, -0.15) is 0 Å². The number of unbranched alkanes of at least 4 members (excludes halogenated alkanes) is 2. The number of aliphatic hydroxyl groups is 3. The second kappa shape index (κ2) is 11.6. The van der Waals surface area contributed by atoms with Gasteiger partial charge in [0.15, 0.2) is 0 Å². The predicted molar refractivity (Wildman–Crippen MR) is 154 cm³/mol. The smallest absolute Gasteiger partial charge is 0.141 e. The molecule has 0 bridgehead atoms. The van der Waals surface area contributed by atoms with Crippen molar-refractivity contribution in [2.45, 2.75) is 129 Å². The summed E-state index contributed by atoms with van der Waals surface area (Å²) in [6, 6.07) is 0. The van der Waals surface area contributed by atoms with Gasteiger partial charge in [-0.15, -0.1) is 0 Å². The van der Waals surface area contributed by atoms with Gasteiger partial charge in [0.25, 0.3) is 0 Å². The molecule has 0 saturated heterocycles. The third kappa shape index (κ3) is 5.83. The van der Waals surface area contributed by atoms with Crippen LogP contribution in [0.2, 0.25) is 0 Å². The molecular formula is C34H52O4. The van der Waals surface area contributed by atoms with Crippen LogP contribution in [0.5, 0.6) is 0 Å². The van der Waals surface area contributed by atoms with E-state index in [2.05, 4.69) is 52.5 Å². The number of carbonyl (C=O) groups is 1. The summed E-state index contributed by atoms with van der Waals surface area (Å²) < 4.78 is 0. The Hall–Kier alpha value is -1.49. The van der Waals surface area contributed by atoms with Gasteiger partial charge in [-0.3, -0.25) is 4.79 Å². The predicted octanol–water partition coefficient (Wildman–Crippen LogP) is 7.00. The molecule has 212 valence electrons. The maximum absolute atomic E-state index is 12.9. The van der Waals surface area contributed by atoms with Crippen LogP contribution in [0.3, 0.4) is 0 Å². The lowest BCUT2D eigenvalue weighted by molar-refractivity contribution is -0.127. The van der Waals surface area contributed by atoms with E-state index >= 15 is 0 Å². The molecule has 3 N–H and O–H groups in total. The number of hydrogen-bond donors (Lipinski definition) is 3.